The van der Waals surface area contributed by atoms with E-state index in [0.29, 0.717) is 38.0 Å². The van der Waals surface area contributed by atoms with Gasteiger partial charge in [0.05, 0.1) is 27.0 Å². The summed E-state index contributed by atoms with van der Waals surface area (Å²) in [6.45, 7) is 0. The van der Waals surface area contributed by atoms with Crippen LogP contribution < -0.4 is 11.1 Å². The molecule has 0 atom stereocenters. The second kappa shape index (κ2) is 5.01. The van der Waals surface area contributed by atoms with E-state index in [0.717, 1.165) is 0 Å². The van der Waals surface area contributed by atoms with Crippen LogP contribution in [0.2, 0.25) is 15.1 Å². The number of rotatable bonds is 2. The summed E-state index contributed by atoms with van der Waals surface area (Å²) >= 11 is 18.0. The van der Waals surface area contributed by atoms with E-state index in [1.165, 1.54) is 0 Å². The zero-order chi connectivity index (χ0) is 14.3. The number of fused-ring (bicyclic) bond motifs is 1. The molecule has 0 aliphatic heterocycles. The third-order valence-electron chi connectivity index (χ3n) is 2.66. The van der Waals surface area contributed by atoms with E-state index in [-0.39, 0.29) is 0 Å². The first-order valence-electron chi connectivity index (χ1n) is 5.55. The number of nitrogen functional groups attached to an aromatic ring is 1. The Bertz CT molecular complexity index is 799. The lowest BCUT2D eigenvalue weighted by Gasteiger charge is -2.10. The first kappa shape index (κ1) is 13.3. The minimum absolute atomic E-state index is 0.356. The van der Waals surface area contributed by atoms with Crippen molar-refractivity contribution in [1.82, 2.24) is 14.4 Å². The summed E-state index contributed by atoms with van der Waals surface area (Å²) in [7, 11) is 0. The topological polar surface area (TPSA) is 68.2 Å². The van der Waals surface area contributed by atoms with Gasteiger partial charge in [0.15, 0.2) is 11.5 Å². The predicted octanol–water partition coefficient (Wildman–Crippen LogP) is 4.02. The Morgan fingerprint density at radius 3 is 2.65 bits per heavy atom. The van der Waals surface area contributed by atoms with Gasteiger partial charge in [-0.05, 0) is 12.1 Å². The highest BCUT2D eigenvalue weighted by molar-refractivity contribution is 6.44. The lowest BCUT2D eigenvalue weighted by atomic mass is 10.3. The summed E-state index contributed by atoms with van der Waals surface area (Å²) in [5.74, 6) is 0.837. The molecule has 5 nitrogen and oxygen atoms in total. The number of benzene rings is 1. The Labute approximate surface area is 129 Å². The molecule has 0 amide bonds. The van der Waals surface area contributed by atoms with E-state index < -0.39 is 0 Å². The highest BCUT2D eigenvalue weighted by atomic mass is 35.5. The summed E-state index contributed by atoms with van der Waals surface area (Å²) < 4.78 is 1.76. The van der Waals surface area contributed by atoms with E-state index in [1.807, 2.05) is 0 Å². The number of imidazole rings is 1. The summed E-state index contributed by atoms with van der Waals surface area (Å²) in [4.78, 5) is 8.42. The first-order valence-corrected chi connectivity index (χ1v) is 6.69. The average Bonchev–Trinajstić information content (AvgIpc) is 2.84. The minimum atomic E-state index is 0.356. The molecule has 3 aromatic rings. The van der Waals surface area contributed by atoms with Crippen LogP contribution >= 0.6 is 34.8 Å². The number of aromatic nitrogens is 3. The van der Waals surface area contributed by atoms with Crippen molar-refractivity contribution >= 4 is 57.8 Å². The fraction of sp³-hybridized carbons (Fsp3) is 0. The largest absolute Gasteiger partial charge is 0.382 e. The van der Waals surface area contributed by atoms with Crippen molar-refractivity contribution in [2.24, 2.45) is 0 Å². The van der Waals surface area contributed by atoms with Crippen molar-refractivity contribution in [3.05, 3.63) is 45.8 Å². The van der Waals surface area contributed by atoms with Crippen molar-refractivity contribution in [3.63, 3.8) is 0 Å². The molecule has 0 fully saturated rings. The quantitative estimate of drug-likeness (QED) is 0.697. The smallest absolute Gasteiger partial charge is 0.180 e. The Hall–Kier alpha value is -1.69. The van der Waals surface area contributed by atoms with Gasteiger partial charge in [0.2, 0.25) is 0 Å². The van der Waals surface area contributed by atoms with Crippen molar-refractivity contribution < 1.29 is 0 Å². The van der Waals surface area contributed by atoms with Gasteiger partial charge in [-0.15, -0.1) is 0 Å². The zero-order valence-electron chi connectivity index (χ0n) is 9.94. The normalized spacial score (nSPS) is 10.9. The summed E-state index contributed by atoms with van der Waals surface area (Å²) in [5, 5.41) is 4.26. The summed E-state index contributed by atoms with van der Waals surface area (Å²) in [6.07, 6.45) is 5.09. The first-order chi connectivity index (χ1) is 9.54. The van der Waals surface area contributed by atoms with Gasteiger partial charge < -0.3 is 15.5 Å². The second-order valence-corrected chi connectivity index (χ2v) is 5.27. The highest BCUT2D eigenvalue weighted by Crippen LogP contribution is 2.34. The molecule has 3 rings (SSSR count). The van der Waals surface area contributed by atoms with Crippen LogP contribution in [0, 0.1) is 0 Å². The molecule has 2 heterocycles. The van der Waals surface area contributed by atoms with Crippen LogP contribution in [0.25, 0.3) is 5.65 Å². The van der Waals surface area contributed by atoms with Gasteiger partial charge in [-0.1, -0.05) is 34.8 Å². The molecule has 2 aromatic heterocycles. The predicted molar refractivity (Wildman–Crippen MR) is 82.2 cm³/mol. The molecule has 1 aromatic carbocycles. The van der Waals surface area contributed by atoms with Crippen molar-refractivity contribution in [1.29, 1.82) is 0 Å². The Kier molecular flexibility index (Phi) is 3.33. The number of nitrogens with two attached hydrogens (primary N) is 1. The average molecular weight is 329 g/mol. The molecule has 3 N–H and O–H groups in total. The summed E-state index contributed by atoms with van der Waals surface area (Å²) in [6, 6.07) is 3.18. The SMILES string of the molecule is Nc1cn2ccnc2c(Nc2cc(Cl)c(Cl)cc2Cl)n1. The molecule has 0 spiro atoms. The fourth-order valence-corrected chi connectivity index (χ4v) is 2.37. The number of anilines is 3. The van der Waals surface area contributed by atoms with Crippen LogP contribution in [-0.4, -0.2) is 14.4 Å². The van der Waals surface area contributed by atoms with Crippen molar-refractivity contribution in [2.75, 3.05) is 11.1 Å². The molecule has 8 heteroatoms. The van der Waals surface area contributed by atoms with Gasteiger partial charge in [0.25, 0.3) is 0 Å². The molecule has 0 aliphatic carbocycles. The third kappa shape index (κ3) is 2.35. The van der Waals surface area contributed by atoms with Crippen molar-refractivity contribution in [3.8, 4) is 0 Å². The van der Waals surface area contributed by atoms with Crippen molar-refractivity contribution in [2.45, 2.75) is 0 Å². The van der Waals surface area contributed by atoms with E-state index in [9.17, 15) is 0 Å². The molecule has 0 saturated carbocycles. The number of hydrogen-bond donors (Lipinski definition) is 2. The number of halogens is 3. The van der Waals surface area contributed by atoms with E-state index in [4.69, 9.17) is 40.5 Å². The zero-order valence-corrected chi connectivity index (χ0v) is 12.2. The maximum atomic E-state index is 6.12. The molecule has 20 heavy (non-hydrogen) atoms. The minimum Gasteiger partial charge on any atom is -0.382 e. The van der Waals surface area contributed by atoms with Crippen LogP contribution in [0.3, 0.4) is 0 Å². The van der Waals surface area contributed by atoms with Gasteiger partial charge in [0, 0.05) is 12.4 Å². The molecule has 0 radical (unpaired) electrons. The maximum Gasteiger partial charge on any atom is 0.180 e. The molecule has 0 saturated heterocycles. The van der Waals surface area contributed by atoms with Gasteiger partial charge in [-0.2, -0.15) is 0 Å². The van der Waals surface area contributed by atoms with E-state index in [1.54, 1.807) is 35.1 Å². The van der Waals surface area contributed by atoms with Gasteiger partial charge in [-0.3, -0.25) is 0 Å². The van der Waals surface area contributed by atoms with Gasteiger partial charge in [0.1, 0.15) is 5.82 Å². The molecular weight excluding hydrogens is 321 g/mol. The Morgan fingerprint density at radius 2 is 1.85 bits per heavy atom. The molecule has 0 bridgehead atoms. The van der Waals surface area contributed by atoms with Crippen LogP contribution in [0.15, 0.2) is 30.7 Å². The van der Waals surface area contributed by atoms with Crippen LogP contribution in [0.4, 0.5) is 17.3 Å². The Morgan fingerprint density at radius 1 is 1.10 bits per heavy atom. The maximum absolute atomic E-state index is 6.12. The third-order valence-corrected chi connectivity index (χ3v) is 3.69. The molecular formula is C12H8Cl3N5. The van der Waals surface area contributed by atoms with Crippen LogP contribution in [-0.2, 0) is 0 Å². The second-order valence-electron chi connectivity index (χ2n) is 4.04. The fourth-order valence-electron chi connectivity index (χ4n) is 1.78. The van der Waals surface area contributed by atoms with E-state index >= 15 is 0 Å². The van der Waals surface area contributed by atoms with Gasteiger partial charge >= 0.3 is 0 Å². The number of hydrogen-bond acceptors (Lipinski definition) is 4. The lowest BCUT2D eigenvalue weighted by Crippen LogP contribution is -2.02. The van der Waals surface area contributed by atoms with Crippen LogP contribution in [0.1, 0.15) is 0 Å². The lowest BCUT2D eigenvalue weighted by molar-refractivity contribution is 1.14. The van der Waals surface area contributed by atoms with Crippen LogP contribution in [0.5, 0.6) is 0 Å². The Balaban J connectivity index is 2.09. The molecule has 0 aliphatic rings. The summed E-state index contributed by atoms with van der Waals surface area (Å²) in [5.41, 5.74) is 6.95. The monoisotopic (exact) mass is 327 g/mol. The standard InChI is InChI=1S/C12H8Cl3N5/c13-6-3-8(15)9(4-7(6)14)18-11-12-17-1-2-20(12)5-10(16)19-11/h1-5H,16H2,(H,18,19). The molecule has 0 unspecified atom stereocenters. The highest BCUT2D eigenvalue weighted by Gasteiger charge is 2.10. The number of nitrogens with zero attached hydrogens (tertiary/aromatic N) is 3. The molecule has 102 valence electrons. The van der Waals surface area contributed by atoms with Gasteiger partial charge in [-0.25, -0.2) is 9.97 Å². The van der Waals surface area contributed by atoms with E-state index in [2.05, 4.69) is 15.3 Å². The number of nitrogens with one attached hydrogen (secondary N) is 1.